The maximum Gasteiger partial charge on any atom is 0.473 e. The largest absolute Gasteiger partial charge is 0.473 e. The fraction of sp³-hybridized carbons (Fsp3) is 0.800. The number of carbonyl (C=O) groups is 2. The molecular weight excluding hydrogens is 293 g/mol. The van der Waals surface area contributed by atoms with Crippen LogP contribution in [0.4, 0.5) is 0 Å². The first-order valence-corrected chi connectivity index (χ1v) is 7.51. The molecule has 0 aliphatic carbocycles. The molecule has 0 saturated carbocycles. The van der Waals surface area contributed by atoms with Gasteiger partial charge >= 0.3 is 19.8 Å². The molecule has 3 N–H and O–H groups in total. The van der Waals surface area contributed by atoms with Gasteiger partial charge in [-0.1, -0.05) is 13.8 Å². The molecule has 0 aromatic rings. The van der Waals surface area contributed by atoms with Crippen LogP contribution in [0.2, 0.25) is 0 Å². The molecule has 10 heteroatoms. The molecule has 0 saturated heterocycles. The van der Waals surface area contributed by atoms with Gasteiger partial charge in [0, 0.05) is 12.8 Å². The summed E-state index contributed by atoms with van der Waals surface area (Å²) in [7, 11) is -4.31. The number of carbonyl (C=O) groups excluding carboxylic acids is 2. The highest BCUT2D eigenvalue weighted by Gasteiger charge is 2.25. The quantitative estimate of drug-likeness (QED) is 0.332. The summed E-state index contributed by atoms with van der Waals surface area (Å²) < 4.78 is 29.8. The van der Waals surface area contributed by atoms with Crippen molar-refractivity contribution in [3.8, 4) is 0 Å². The fourth-order valence-electron chi connectivity index (χ4n) is 0.982. The van der Waals surface area contributed by atoms with E-state index in [1.54, 1.807) is 13.8 Å². The topological polar surface area (TPSA) is 134 Å². The zero-order valence-electron chi connectivity index (χ0n) is 11.4. The van der Waals surface area contributed by atoms with Gasteiger partial charge in [0.2, 0.25) is 0 Å². The zero-order chi connectivity index (χ0) is 15.6. The number of hydrogen-bond acceptors (Lipinski definition) is 8. The molecule has 0 aromatic carbocycles. The van der Waals surface area contributed by atoms with Gasteiger partial charge in [-0.2, -0.15) is 0 Å². The van der Waals surface area contributed by atoms with Crippen LogP contribution in [0.5, 0.6) is 0 Å². The van der Waals surface area contributed by atoms with Gasteiger partial charge in [-0.05, 0) is 0 Å². The molecule has 0 fully saturated rings. The van der Waals surface area contributed by atoms with Crippen molar-refractivity contribution in [3.63, 3.8) is 0 Å². The Kier molecular flexibility index (Phi) is 9.35. The Hall–Kier alpha value is -0.990. The third kappa shape index (κ3) is 9.00. The molecule has 2 atom stereocenters. The Balaban J connectivity index is 4.40. The molecular formula is C10H20NO8P. The molecule has 0 aliphatic heterocycles. The van der Waals surface area contributed by atoms with E-state index < -0.39 is 39.2 Å². The van der Waals surface area contributed by atoms with Crippen molar-refractivity contribution in [2.75, 3.05) is 19.9 Å². The molecule has 1 unspecified atom stereocenters. The van der Waals surface area contributed by atoms with Gasteiger partial charge in [0.15, 0.2) is 6.10 Å². The van der Waals surface area contributed by atoms with Crippen molar-refractivity contribution in [2.24, 2.45) is 5.73 Å². The van der Waals surface area contributed by atoms with Gasteiger partial charge in [0.1, 0.15) is 13.3 Å². The Morgan fingerprint density at radius 3 is 2.25 bits per heavy atom. The number of rotatable bonds is 10. The number of esters is 2. The minimum Gasteiger partial charge on any atom is -0.462 e. The minimum absolute atomic E-state index is 0.105. The van der Waals surface area contributed by atoms with Crippen molar-refractivity contribution in [1.82, 2.24) is 0 Å². The molecule has 0 aliphatic rings. The molecule has 20 heavy (non-hydrogen) atoms. The normalized spacial score (nSPS) is 15.2. The molecule has 0 bridgehead atoms. The number of phosphoric ester groups is 1. The Bertz CT molecular complexity index is 361. The summed E-state index contributed by atoms with van der Waals surface area (Å²) in [6.07, 6.45) is -0.738. The van der Waals surface area contributed by atoms with Gasteiger partial charge in [0.25, 0.3) is 0 Å². The second-order valence-corrected chi connectivity index (χ2v) is 5.02. The molecule has 0 radical (unpaired) electrons. The van der Waals surface area contributed by atoms with E-state index in [4.69, 9.17) is 20.1 Å². The second kappa shape index (κ2) is 9.84. The van der Waals surface area contributed by atoms with E-state index in [0.717, 1.165) is 0 Å². The first-order chi connectivity index (χ1) is 9.34. The van der Waals surface area contributed by atoms with Crippen LogP contribution in [0, 0.1) is 0 Å². The monoisotopic (exact) mass is 313 g/mol. The van der Waals surface area contributed by atoms with Crippen LogP contribution in [-0.4, -0.2) is 42.9 Å². The summed E-state index contributed by atoms with van der Waals surface area (Å²) in [6, 6.07) is 0. The Morgan fingerprint density at radius 1 is 1.15 bits per heavy atom. The predicted octanol–water partition coefficient (Wildman–Crippen LogP) is 0.311. The molecule has 9 nitrogen and oxygen atoms in total. The molecule has 0 spiro atoms. The van der Waals surface area contributed by atoms with Crippen LogP contribution >= 0.6 is 7.82 Å². The van der Waals surface area contributed by atoms with Crippen LogP contribution in [0.25, 0.3) is 0 Å². The van der Waals surface area contributed by atoms with Crippen molar-refractivity contribution in [3.05, 3.63) is 0 Å². The van der Waals surface area contributed by atoms with Gasteiger partial charge in [0.05, 0.1) is 6.61 Å². The number of hydrogen-bond donors (Lipinski definition) is 2. The fourth-order valence-corrected chi connectivity index (χ4v) is 1.60. The van der Waals surface area contributed by atoms with Gasteiger partial charge in [-0.3, -0.25) is 18.6 Å². The van der Waals surface area contributed by atoms with E-state index in [2.05, 4.69) is 9.05 Å². The highest BCUT2D eigenvalue weighted by Crippen LogP contribution is 2.42. The Labute approximate surface area is 116 Å². The van der Waals surface area contributed by atoms with Gasteiger partial charge in [-0.25, -0.2) is 4.57 Å². The van der Waals surface area contributed by atoms with Crippen molar-refractivity contribution in [1.29, 1.82) is 0 Å². The lowest BCUT2D eigenvalue weighted by Gasteiger charge is -2.19. The molecule has 0 heterocycles. The average molecular weight is 313 g/mol. The standard InChI is InChI=1S/C10H20NO8P/c1-3-9(12)16-5-8(19-10(13)4-2)6-17-20(14,15)18-7-11/h8H,3-7,11H2,1-2H3,(H,14,15)/t8-/m1/s1. The van der Waals surface area contributed by atoms with Crippen LogP contribution < -0.4 is 5.73 Å². The van der Waals surface area contributed by atoms with Crippen molar-refractivity contribution in [2.45, 2.75) is 32.8 Å². The third-order valence-electron chi connectivity index (χ3n) is 1.97. The van der Waals surface area contributed by atoms with Crippen LogP contribution in [-0.2, 0) is 32.7 Å². The molecule has 0 amide bonds. The van der Waals surface area contributed by atoms with Gasteiger partial charge < -0.3 is 20.1 Å². The lowest BCUT2D eigenvalue weighted by atomic mass is 10.4. The summed E-state index contributed by atoms with van der Waals surface area (Å²) in [5.41, 5.74) is 4.95. The van der Waals surface area contributed by atoms with Crippen LogP contribution in [0.3, 0.4) is 0 Å². The van der Waals surface area contributed by atoms with E-state index >= 15 is 0 Å². The summed E-state index contributed by atoms with van der Waals surface area (Å²) >= 11 is 0. The lowest BCUT2D eigenvalue weighted by molar-refractivity contribution is -0.160. The van der Waals surface area contributed by atoms with E-state index in [9.17, 15) is 14.2 Å². The summed E-state index contributed by atoms with van der Waals surface area (Å²) in [5, 5.41) is 0. The molecule has 0 rings (SSSR count). The maximum atomic E-state index is 11.3. The Morgan fingerprint density at radius 2 is 1.75 bits per heavy atom. The van der Waals surface area contributed by atoms with Crippen LogP contribution in [0.1, 0.15) is 26.7 Å². The SMILES string of the molecule is CCC(=O)OC[C@H](COP(=O)(O)OCN)OC(=O)CC. The highest BCUT2D eigenvalue weighted by atomic mass is 31.2. The second-order valence-electron chi connectivity index (χ2n) is 3.56. The average Bonchev–Trinajstić information content (AvgIpc) is 2.41. The third-order valence-corrected chi connectivity index (χ3v) is 2.92. The summed E-state index contributed by atoms with van der Waals surface area (Å²) in [4.78, 5) is 31.4. The van der Waals surface area contributed by atoms with E-state index in [0.29, 0.717) is 0 Å². The molecule has 0 aromatic heterocycles. The van der Waals surface area contributed by atoms with E-state index in [1.165, 1.54) is 0 Å². The summed E-state index contributed by atoms with van der Waals surface area (Å²) in [5.74, 6) is -1.05. The van der Waals surface area contributed by atoms with Crippen LogP contribution in [0.15, 0.2) is 0 Å². The lowest BCUT2D eigenvalue weighted by Crippen LogP contribution is -2.29. The number of phosphoric acid groups is 1. The van der Waals surface area contributed by atoms with E-state index in [-0.39, 0.29) is 19.4 Å². The number of nitrogens with two attached hydrogens (primary N) is 1. The number of ether oxygens (including phenoxy) is 2. The van der Waals surface area contributed by atoms with Crippen molar-refractivity contribution < 1.29 is 37.6 Å². The molecule has 118 valence electrons. The maximum absolute atomic E-state index is 11.3. The van der Waals surface area contributed by atoms with Gasteiger partial charge in [-0.15, -0.1) is 0 Å². The zero-order valence-corrected chi connectivity index (χ0v) is 12.3. The first kappa shape index (κ1) is 19.0. The minimum atomic E-state index is -4.31. The summed E-state index contributed by atoms with van der Waals surface area (Å²) in [6.45, 7) is 1.94. The van der Waals surface area contributed by atoms with Crippen molar-refractivity contribution >= 4 is 19.8 Å². The smallest absolute Gasteiger partial charge is 0.462 e. The first-order valence-electron chi connectivity index (χ1n) is 6.01. The predicted molar refractivity (Wildman–Crippen MR) is 67.3 cm³/mol. The highest BCUT2D eigenvalue weighted by molar-refractivity contribution is 7.47. The van der Waals surface area contributed by atoms with E-state index in [1.807, 2.05) is 0 Å².